The van der Waals surface area contributed by atoms with Crippen molar-refractivity contribution in [1.82, 2.24) is 14.6 Å². The summed E-state index contributed by atoms with van der Waals surface area (Å²) in [6.45, 7) is 2.67. The first-order valence-corrected chi connectivity index (χ1v) is 9.30. The van der Waals surface area contributed by atoms with Gasteiger partial charge in [-0.25, -0.2) is 9.50 Å². The van der Waals surface area contributed by atoms with Gasteiger partial charge in [0, 0.05) is 24.4 Å². The van der Waals surface area contributed by atoms with Crippen LogP contribution in [-0.2, 0) is 17.8 Å². The number of ether oxygens (including phenoxy) is 2. The molecule has 142 valence electrons. The minimum Gasteiger partial charge on any atom is -0.497 e. The van der Waals surface area contributed by atoms with Gasteiger partial charge in [-0.3, -0.25) is 9.89 Å². The molecule has 27 heavy (non-hydrogen) atoms. The van der Waals surface area contributed by atoms with Crippen molar-refractivity contribution in [3.8, 4) is 16.9 Å². The average molecular weight is 367 g/mol. The van der Waals surface area contributed by atoms with Gasteiger partial charge in [0.15, 0.2) is 5.65 Å². The van der Waals surface area contributed by atoms with Crippen LogP contribution in [0.1, 0.15) is 37.6 Å². The third-order valence-electron chi connectivity index (χ3n) is 5.50. The molecule has 6 nitrogen and oxygen atoms in total. The minimum absolute atomic E-state index is 0.0898. The summed E-state index contributed by atoms with van der Waals surface area (Å²) in [6, 6.07) is 9.41. The van der Waals surface area contributed by atoms with Crippen LogP contribution in [0.4, 0.5) is 0 Å². The lowest BCUT2D eigenvalue weighted by Gasteiger charge is -2.08. The minimum atomic E-state index is -0.0898. The van der Waals surface area contributed by atoms with Crippen LogP contribution in [0.2, 0.25) is 0 Å². The fourth-order valence-electron chi connectivity index (χ4n) is 3.46. The van der Waals surface area contributed by atoms with Crippen LogP contribution >= 0.6 is 0 Å². The summed E-state index contributed by atoms with van der Waals surface area (Å²) >= 11 is 0. The maximum atomic E-state index is 12.7. The predicted octanol–water partition coefficient (Wildman–Crippen LogP) is 3.58. The van der Waals surface area contributed by atoms with Gasteiger partial charge >= 0.3 is 0 Å². The fraction of sp³-hybridized carbons (Fsp3) is 0.429. The highest BCUT2D eigenvalue weighted by molar-refractivity contribution is 5.80. The highest BCUT2D eigenvalue weighted by Gasteiger charge is 2.36. The van der Waals surface area contributed by atoms with Crippen LogP contribution in [0.15, 0.2) is 35.1 Å². The lowest BCUT2D eigenvalue weighted by molar-refractivity contribution is 0.181. The fourth-order valence-corrected chi connectivity index (χ4v) is 3.46. The number of fused-ring (bicyclic) bond motifs is 1. The monoisotopic (exact) mass is 367 g/mol. The van der Waals surface area contributed by atoms with Crippen molar-refractivity contribution in [1.29, 1.82) is 0 Å². The molecular weight excluding hydrogens is 342 g/mol. The van der Waals surface area contributed by atoms with Crippen molar-refractivity contribution < 1.29 is 9.47 Å². The Morgan fingerprint density at radius 2 is 1.96 bits per heavy atom. The van der Waals surface area contributed by atoms with Crippen molar-refractivity contribution >= 4 is 5.65 Å². The number of hydrogen-bond acceptors (Lipinski definition) is 4. The van der Waals surface area contributed by atoms with Crippen molar-refractivity contribution in [2.24, 2.45) is 5.41 Å². The van der Waals surface area contributed by atoms with Gasteiger partial charge < -0.3 is 9.47 Å². The third kappa shape index (κ3) is 3.49. The molecule has 0 radical (unpaired) electrons. The topological polar surface area (TPSA) is 68.6 Å². The Morgan fingerprint density at radius 1 is 1.22 bits per heavy atom. The molecule has 0 atom stereocenters. The lowest BCUT2D eigenvalue weighted by atomic mass is 10.0. The number of hydrogen-bond donors (Lipinski definition) is 1. The Labute approximate surface area is 158 Å². The lowest BCUT2D eigenvalue weighted by Crippen LogP contribution is -2.16. The molecular formula is C21H25N3O3. The third-order valence-corrected chi connectivity index (χ3v) is 5.50. The predicted molar refractivity (Wildman–Crippen MR) is 104 cm³/mol. The first kappa shape index (κ1) is 17.8. The van der Waals surface area contributed by atoms with E-state index in [-0.39, 0.29) is 5.56 Å². The van der Waals surface area contributed by atoms with Gasteiger partial charge in [0.2, 0.25) is 0 Å². The van der Waals surface area contributed by atoms with E-state index in [2.05, 4.69) is 12.0 Å². The van der Waals surface area contributed by atoms with Gasteiger partial charge in [0.25, 0.3) is 5.56 Å². The molecule has 1 fully saturated rings. The van der Waals surface area contributed by atoms with Crippen LogP contribution in [0, 0.1) is 5.41 Å². The molecule has 3 aromatic rings. The highest BCUT2D eigenvalue weighted by Crippen LogP contribution is 2.48. The number of aromatic nitrogens is 3. The molecule has 0 saturated heterocycles. The normalized spacial score (nSPS) is 15.2. The second-order valence-electron chi connectivity index (χ2n) is 7.68. The van der Waals surface area contributed by atoms with E-state index in [9.17, 15) is 4.79 Å². The zero-order valence-corrected chi connectivity index (χ0v) is 16.0. The Balaban J connectivity index is 1.81. The molecule has 1 aromatic carbocycles. The van der Waals surface area contributed by atoms with E-state index in [1.807, 2.05) is 24.3 Å². The summed E-state index contributed by atoms with van der Waals surface area (Å²) < 4.78 is 12.1. The maximum Gasteiger partial charge on any atom is 0.272 e. The number of aryl methyl sites for hydroxylation is 1. The Morgan fingerprint density at radius 3 is 2.59 bits per heavy atom. The van der Waals surface area contributed by atoms with Crippen molar-refractivity contribution in [3.05, 3.63) is 52.1 Å². The molecule has 4 rings (SSSR count). The molecule has 0 amide bonds. The Hall–Kier alpha value is -2.60. The first-order chi connectivity index (χ1) is 13.0. The molecule has 1 N–H and O–H groups in total. The quantitative estimate of drug-likeness (QED) is 0.693. The molecule has 1 aliphatic carbocycles. The van der Waals surface area contributed by atoms with Crippen LogP contribution in [0.3, 0.4) is 0 Å². The van der Waals surface area contributed by atoms with Crippen LogP contribution in [-0.4, -0.2) is 28.8 Å². The SMILES string of the molecule is COCc1[nH]n2c(=O)cc(CCC3(C)CC3)nc2c1-c1ccc(OC)cc1. The van der Waals surface area contributed by atoms with Gasteiger partial charge in [-0.15, -0.1) is 0 Å². The molecule has 1 saturated carbocycles. The maximum absolute atomic E-state index is 12.7. The largest absolute Gasteiger partial charge is 0.497 e. The smallest absolute Gasteiger partial charge is 0.272 e. The first-order valence-electron chi connectivity index (χ1n) is 9.30. The van der Waals surface area contributed by atoms with E-state index in [1.54, 1.807) is 20.3 Å². The van der Waals surface area contributed by atoms with Gasteiger partial charge in [-0.05, 0) is 48.8 Å². The van der Waals surface area contributed by atoms with Gasteiger partial charge in [0.1, 0.15) is 5.75 Å². The van der Waals surface area contributed by atoms with E-state index in [0.29, 0.717) is 17.7 Å². The number of nitrogens with one attached hydrogen (secondary N) is 1. The van der Waals surface area contributed by atoms with Crippen molar-refractivity contribution in [2.75, 3.05) is 14.2 Å². The van der Waals surface area contributed by atoms with Gasteiger partial charge in [-0.2, -0.15) is 0 Å². The molecule has 1 aliphatic rings. The van der Waals surface area contributed by atoms with E-state index >= 15 is 0 Å². The van der Waals surface area contributed by atoms with Crippen molar-refractivity contribution in [3.63, 3.8) is 0 Å². The molecule has 6 heteroatoms. The summed E-state index contributed by atoms with van der Waals surface area (Å²) in [4.78, 5) is 17.5. The average Bonchev–Trinajstić information content (AvgIpc) is 3.29. The zero-order chi connectivity index (χ0) is 19.0. The summed E-state index contributed by atoms with van der Waals surface area (Å²) in [6.07, 6.45) is 4.44. The zero-order valence-electron chi connectivity index (χ0n) is 16.0. The summed E-state index contributed by atoms with van der Waals surface area (Å²) in [7, 11) is 3.28. The second-order valence-corrected chi connectivity index (χ2v) is 7.68. The molecule has 0 spiro atoms. The summed E-state index contributed by atoms with van der Waals surface area (Å²) in [5.74, 6) is 0.787. The van der Waals surface area contributed by atoms with Crippen molar-refractivity contribution in [2.45, 2.75) is 39.2 Å². The Kier molecular flexibility index (Phi) is 4.52. The molecule has 0 unspecified atom stereocenters. The van der Waals surface area contributed by atoms with Gasteiger partial charge in [-0.1, -0.05) is 19.1 Å². The number of benzene rings is 1. The number of rotatable bonds is 7. The van der Waals surface area contributed by atoms with E-state index in [4.69, 9.17) is 14.5 Å². The summed E-state index contributed by atoms with van der Waals surface area (Å²) in [5.41, 5.74) is 4.55. The van der Waals surface area contributed by atoms with Gasteiger partial charge in [0.05, 0.1) is 19.4 Å². The number of H-pyrrole nitrogens is 1. The molecule has 0 bridgehead atoms. The molecule has 2 heterocycles. The summed E-state index contributed by atoms with van der Waals surface area (Å²) in [5, 5.41) is 3.16. The van der Waals surface area contributed by atoms with E-state index in [0.717, 1.165) is 41.1 Å². The number of aromatic amines is 1. The molecule has 0 aliphatic heterocycles. The van der Waals surface area contributed by atoms with Crippen LogP contribution in [0.25, 0.3) is 16.8 Å². The van der Waals surface area contributed by atoms with Crippen LogP contribution < -0.4 is 10.3 Å². The number of methoxy groups -OCH3 is 2. The highest BCUT2D eigenvalue weighted by atomic mass is 16.5. The van der Waals surface area contributed by atoms with Crippen LogP contribution in [0.5, 0.6) is 5.75 Å². The van der Waals surface area contributed by atoms with E-state index in [1.165, 1.54) is 17.4 Å². The molecule has 2 aromatic heterocycles. The number of nitrogens with zero attached hydrogens (tertiary/aromatic N) is 2. The standard InChI is InChI=1S/C21H25N3O3/c1-21(10-11-21)9-8-15-12-18(25)24-20(22-15)19(17(23-24)13-26-2)14-4-6-16(27-3)7-5-14/h4-7,12,23H,8-11,13H2,1-3H3. The van der Waals surface area contributed by atoms with E-state index < -0.39 is 0 Å². The Bertz CT molecular complexity index is 1010. The second kappa shape index (κ2) is 6.85.